The van der Waals surface area contributed by atoms with Crippen LogP contribution in [0.2, 0.25) is 14.4 Å². The highest BCUT2D eigenvalue weighted by atomic mass is 35.5. The van der Waals surface area contributed by atoms with E-state index in [-0.39, 0.29) is 19.4 Å². The van der Waals surface area contributed by atoms with E-state index in [1.54, 1.807) is 0 Å². The fourth-order valence-electron chi connectivity index (χ4n) is 0.472. The summed E-state index contributed by atoms with van der Waals surface area (Å²) in [5, 5.41) is 9.94. The number of thiophene rings is 1. The highest BCUT2D eigenvalue weighted by Crippen LogP contribution is 2.44. The summed E-state index contributed by atoms with van der Waals surface area (Å²) in [5.74, 6) is 0. The Morgan fingerprint density at radius 1 is 1.27 bits per heavy atom. The molecule has 0 radical (unpaired) electrons. The molecule has 0 aromatic carbocycles. The van der Waals surface area contributed by atoms with Crippen molar-refractivity contribution in [1.29, 1.82) is 0 Å². The molecule has 11 heavy (non-hydrogen) atoms. The van der Waals surface area contributed by atoms with E-state index in [9.17, 15) is 10.1 Å². The molecule has 60 valence electrons. The standard InChI is InChI=1S/C4Cl3NO2S/c5-1-2(6)4(8(9)10)11-3(1)7. The van der Waals surface area contributed by atoms with Crippen molar-refractivity contribution >= 4 is 51.1 Å². The summed E-state index contributed by atoms with van der Waals surface area (Å²) in [5.41, 5.74) is 0. The summed E-state index contributed by atoms with van der Waals surface area (Å²) in [6.07, 6.45) is 0. The van der Waals surface area contributed by atoms with Gasteiger partial charge in [-0.2, -0.15) is 0 Å². The molecule has 0 bridgehead atoms. The van der Waals surface area contributed by atoms with Crippen LogP contribution < -0.4 is 0 Å². The van der Waals surface area contributed by atoms with E-state index in [0.717, 1.165) is 11.3 Å². The summed E-state index contributed by atoms with van der Waals surface area (Å²) in [4.78, 5) is 9.58. The Morgan fingerprint density at radius 3 is 2.00 bits per heavy atom. The van der Waals surface area contributed by atoms with Crippen molar-refractivity contribution < 1.29 is 4.92 Å². The molecule has 0 saturated heterocycles. The third-order valence-electron chi connectivity index (χ3n) is 0.905. The molecule has 0 unspecified atom stereocenters. The van der Waals surface area contributed by atoms with Gasteiger partial charge in [0.05, 0.1) is 9.95 Å². The first-order valence-corrected chi connectivity index (χ1v) is 4.26. The van der Waals surface area contributed by atoms with Gasteiger partial charge in [-0.25, -0.2) is 0 Å². The SMILES string of the molecule is O=[N+]([O-])c1sc(Cl)c(Cl)c1Cl. The van der Waals surface area contributed by atoms with E-state index in [1.165, 1.54) is 0 Å². The molecule has 0 N–H and O–H groups in total. The van der Waals surface area contributed by atoms with E-state index in [4.69, 9.17) is 34.8 Å². The zero-order chi connectivity index (χ0) is 8.59. The van der Waals surface area contributed by atoms with Crippen LogP contribution in [0.15, 0.2) is 0 Å². The molecule has 0 amide bonds. The number of nitrogens with zero attached hydrogens (tertiary/aromatic N) is 1. The van der Waals surface area contributed by atoms with Gasteiger partial charge in [0.15, 0.2) is 5.02 Å². The number of nitro groups is 1. The van der Waals surface area contributed by atoms with Crippen molar-refractivity contribution in [2.75, 3.05) is 0 Å². The zero-order valence-electron chi connectivity index (χ0n) is 4.81. The van der Waals surface area contributed by atoms with Gasteiger partial charge in [0, 0.05) is 0 Å². The lowest BCUT2D eigenvalue weighted by atomic mass is 10.6. The average Bonchev–Trinajstić information content (AvgIpc) is 2.17. The Bertz CT molecular complexity index is 311. The Kier molecular flexibility index (Phi) is 2.59. The summed E-state index contributed by atoms with van der Waals surface area (Å²) < 4.78 is 0.142. The predicted octanol–water partition coefficient (Wildman–Crippen LogP) is 3.62. The van der Waals surface area contributed by atoms with Gasteiger partial charge in [-0.3, -0.25) is 10.1 Å². The van der Waals surface area contributed by atoms with Gasteiger partial charge in [-0.05, 0) is 11.3 Å². The van der Waals surface area contributed by atoms with E-state index >= 15 is 0 Å². The second-order valence-corrected chi connectivity index (χ2v) is 3.92. The molecule has 1 aromatic rings. The monoisotopic (exact) mass is 231 g/mol. The van der Waals surface area contributed by atoms with Crippen LogP contribution in [0.1, 0.15) is 0 Å². The van der Waals surface area contributed by atoms with Gasteiger partial charge in [-0.1, -0.05) is 34.8 Å². The Morgan fingerprint density at radius 2 is 1.82 bits per heavy atom. The summed E-state index contributed by atoms with van der Waals surface area (Å²) >= 11 is 17.2. The normalized spacial score (nSPS) is 10.1. The van der Waals surface area contributed by atoms with E-state index in [0.29, 0.717) is 0 Å². The van der Waals surface area contributed by atoms with E-state index < -0.39 is 4.92 Å². The molecule has 0 atom stereocenters. The number of hydrogen-bond donors (Lipinski definition) is 0. The maximum atomic E-state index is 10.2. The molecule has 0 aliphatic rings. The fourth-order valence-corrected chi connectivity index (χ4v) is 2.06. The lowest BCUT2D eigenvalue weighted by molar-refractivity contribution is -0.380. The third kappa shape index (κ3) is 1.59. The molecule has 0 aliphatic heterocycles. The van der Waals surface area contributed by atoms with Gasteiger partial charge >= 0.3 is 5.00 Å². The first-order chi connectivity index (χ1) is 5.04. The zero-order valence-corrected chi connectivity index (χ0v) is 7.89. The van der Waals surface area contributed by atoms with Crippen LogP contribution in [0.25, 0.3) is 0 Å². The molecule has 3 nitrogen and oxygen atoms in total. The highest BCUT2D eigenvalue weighted by molar-refractivity contribution is 7.20. The molecule has 1 heterocycles. The molecular formula is C4Cl3NO2S. The van der Waals surface area contributed by atoms with Gasteiger partial charge in [-0.15, -0.1) is 0 Å². The summed E-state index contributed by atoms with van der Waals surface area (Å²) in [6.45, 7) is 0. The van der Waals surface area contributed by atoms with Crippen molar-refractivity contribution in [3.8, 4) is 0 Å². The van der Waals surface area contributed by atoms with E-state index in [2.05, 4.69) is 0 Å². The molecule has 7 heteroatoms. The van der Waals surface area contributed by atoms with Crippen LogP contribution in [-0.2, 0) is 0 Å². The minimum atomic E-state index is -0.620. The topological polar surface area (TPSA) is 43.1 Å². The fraction of sp³-hybridized carbons (Fsp3) is 0. The molecular weight excluding hydrogens is 232 g/mol. The smallest absolute Gasteiger partial charge is 0.257 e. The first-order valence-electron chi connectivity index (χ1n) is 2.31. The number of rotatable bonds is 1. The maximum Gasteiger partial charge on any atom is 0.345 e. The predicted molar refractivity (Wildman–Crippen MR) is 46.0 cm³/mol. The van der Waals surface area contributed by atoms with Crippen LogP contribution in [0.3, 0.4) is 0 Å². The van der Waals surface area contributed by atoms with Crippen LogP contribution in [0, 0.1) is 10.1 Å². The van der Waals surface area contributed by atoms with E-state index in [1.807, 2.05) is 0 Å². The molecule has 1 rings (SSSR count). The van der Waals surface area contributed by atoms with Gasteiger partial charge < -0.3 is 0 Å². The quantitative estimate of drug-likeness (QED) is 0.548. The summed E-state index contributed by atoms with van der Waals surface area (Å²) in [6, 6.07) is 0. The lowest BCUT2D eigenvalue weighted by Crippen LogP contribution is -1.82. The van der Waals surface area contributed by atoms with Gasteiger partial charge in [0.1, 0.15) is 4.34 Å². The van der Waals surface area contributed by atoms with Crippen molar-refractivity contribution in [3.05, 3.63) is 24.5 Å². The molecule has 0 fully saturated rings. The average molecular weight is 232 g/mol. The van der Waals surface area contributed by atoms with Crippen molar-refractivity contribution in [2.45, 2.75) is 0 Å². The minimum absolute atomic E-state index is 0.0463. The molecule has 0 aliphatic carbocycles. The Labute approximate surface area is 80.6 Å². The largest absolute Gasteiger partial charge is 0.345 e. The second-order valence-electron chi connectivity index (χ2n) is 1.57. The van der Waals surface area contributed by atoms with Crippen LogP contribution in [-0.4, -0.2) is 4.92 Å². The third-order valence-corrected chi connectivity index (χ3v) is 3.42. The number of halogens is 3. The maximum absolute atomic E-state index is 10.2. The molecule has 0 saturated carbocycles. The van der Waals surface area contributed by atoms with Crippen molar-refractivity contribution in [1.82, 2.24) is 0 Å². The summed E-state index contributed by atoms with van der Waals surface area (Å²) in [7, 11) is 0. The highest BCUT2D eigenvalue weighted by Gasteiger charge is 2.22. The minimum Gasteiger partial charge on any atom is -0.257 e. The number of hydrogen-bond acceptors (Lipinski definition) is 3. The first kappa shape index (κ1) is 9.06. The van der Waals surface area contributed by atoms with Gasteiger partial charge in [0.25, 0.3) is 0 Å². The van der Waals surface area contributed by atoms with Gasteiger partial charge in [0.2, 0.25) is 0 Å². The Hall–Kier alpha value is -0.0300. The second kappa shape index (κ2) is 3.15. The van der Waals surface area contributed by atoms with Crippen LogP contribution in [0.5, 0.6) is 0 Å². The molecule has 0 spiro atoms. The molecule has 1 aromatic heterocycles. The van der Waals surface area contributed by atoms with Crippen LogP contribution in [0.4, 0.5) is 5.00 Å². The van der Waals surface area contributed by atoms with Crippen molar-refractivity contribution in [2.24, 2.45) is 0 Å². The lowest BCUT2D eigenvalue weighted by Gasteiger charge is -1.83. The Balaban J connectivity index is 3.29. The van der Waals surface area contributed by atoms with Crippen molar-refractivity contribution in [3.63, 3.8) is 0 Å². The van der Waals surface area contributed by atoms with Crippen LogP contribution >= 0.6 is 46.1 Å².